The Morgan fingerprint density at radius 2 is 1.81 bits per heavy atom. The Balaban J connectivity index is 1.71. The third kappa shape index (κ3) is 4.42. The molecule has 1 aromatic heterocycles. The Hall–Kier alpha value is -1.93. The molecule has 0 bridgehead atoms. The summed E-state index contributed by atoms with van der Waals surface area (Å²) in [4.78, 5) is 4.24. The Morgan fingerprint density at radius 3 is 2.50 bits per heavy atom. The summed E-state index contributed by atoms with van der Waals surface area (Å²) >= 11 is 11.8. The molecule has 0 unspecified atom stereocenters. The summed E-state index contributed by atoms with van der Waals surface area (Å²) in [6, 6.07) is 14.0. The zero-order valence-corrected chi connectivity index (χ0v) is 16.1. The van der Waals surface area contributed by atoms with Crippen LogP contribution < -0.4 is 0 Å². The first-order chi connectivity index (χ1) is 12.3. The molecule has 1 heterocycles. The molecule has 0 N–H and O–H groups in total. The topological polar surface area (TPSA) is 76.3 Å². The van der Waals surface area contributed by atoms with Gasteiger partial charge in [0, 0.05) is 12.6 Å². The van der Waals surface area contributed by atoms with E-state index < -0.39 is 10.0 Å². The van der Waals surface area contributed by atoms with Crippen molar-refractivity contribution in [3.8, 4) is 11.4 Å². The highest BCUT2D eigenvalue weighted by atomic mass is 35.5. The van der Waals surface area contributed by atoms with Gasteiger partial charge in [0.1, 0.15) is 0 Å². The van der Waals surface area contributed by atoms with Crippen LogP contribution in [0.2, 0.25) is 10.0 Å². The first-order valence-electron chi connectivity index (χ1n) is 7.61. The van der Waals surface area contributed by atoms with Gasteiger partial charge in [0.15, 0.2) is 0 Å². The molecule has 9 heteroatoms. The van der Waals surface area contributed by atoms with E-state index in [2.05, 4.69) is 10.1 Å². The van der Waals surface area contributed by atoms with Crippen LogP contribution in [0.3, 0.4) is 0 Å². The lowest BCUT2D eigenvalue weighted by Gasteiger charge is -2.15. The summed E-state index contributed by atoms with van der Waals surface area (Å²) < 4.78 is 31.4. The maximum absolute atomic E-state index is 12.5. The van der Waals surface area contributed by atoms with Crippen LogP contribution in [0.15, 0.2) is 53.1 Å². The maximum Gasteiger partial charge on any atom is 0.242 e. The van der Waals surface area contributed by atoms with Gasteiger partial charge >= 0.3 is 0 Å². The minimum absolute atomic E-state index is 0.0243. The highest BCUT2D eigenvalue weighted by Gasteiger charge is 2.22. The molecule has 0 fully saturated rings. The van der Waals surface area contributed by atoms with Crippen molar-refractivity contribution in [3.05, 3.63) is 70.0 Å². The smallest absolute Gasteiger partial charge is 0.242 e. The molecule has 2 aromatic carbocycles. The summed E-state index contributed by atoms with van der Waals surface area (Å²) in [6.07, 6.45) is 0. The van der Waals surface area contributed by atoms with Crippen LogP contribution in [0.25, 0.3) is 11.4 Å². The van der Waals surface area contributed by atoms with Gasteiger partial charge in [0.25, 0.3) is 0 Å². The Labute approximate surface area is 161 Å². The molecule has 6 nitrogen and oxygen atoms in total. The van der Waals surface area contributed by atoms with E-state index in [-0.39, 0.29) is 18.2 Å². The lowest BCUT2D eigenvalue weighted by molar-refractivity contribution is 0.336. The summed E-state index contributed by atoms with van der Waals surface area (Å²) in [6.45, 7) is -0.0243. The Kier molecular flexibility index (Phi) is 5.62. The fourth-order valence-corrected chi connectivity index (χ4v) is 3.71. The summed E-state index contributed by atoms with van der Waals surface area (Å²) in [5.74, 6) is 0.417. The highest BCUT2D eigenvalue weighted by Crippen LogP contribution is 2.24. The quantitative estimate of drug-likeness (QED) is 0.612. The number of nitrogens with zero attached hydrogens (tertiary/aromatic N) is 3. The van der Waals surface area contributed by atoms with E-state index in [1.807, 2.05) is 30.3 Å². The first-order valence-corrected chi connectivity index (χ1v) is 9.97. The summed E-state index contributed by atoms with van der Waals surface area (Å²) in [5, 5.41) is 4.57. The number of rotatable bonds is 6. The molecule has 0 spiro atoms. The van der Waals surface area contributed by atoms with Gasteiger partial charge in [-0.05, 0) is 17.7 Å². The van der Waals surface area contributed by atoms with Crippen molar-refractivity contribution in [1.82, 2.24) is 14.4 Å². The predicted octanol–water partition coefficient (Wildman–Crippen LogP) is 4.01. The summed E-state index contributed by atoms with van der Waals surface area (Å²) in [7, 11) is -2.14. The van der Waals surface area contributed by atoms with Crippen molar-refractivity contribution in [2.75, 3.05) is 7.05 Å². The molecule has 0 aliphatic carbocycles. The monoisotopic (exact) mass is 411 g/mol. The van der Waals surface area contributed by atoms with E-state index in [9.17, 15) is 8.42 Å². The van der Waals surface area contributed by atoms with Crippen LogP contribution in [0, 0.1) is 0 Å². The zero-order valence-electron chi connectivity index (χ0n) is 13.8. The molecular formula is C17H15Cl2N3O3S. The molecule has 136 valence electrons. The minimum atomic E-state index is -3.59. The summed E-state index contributed by atoms with van der Waals surface area (Å²) in [5.41, 5.74) is 1.34. The van der Waals surface area contributed by atoms with Gasteiger partial charge < -0.3 is 4.52 Å². The second-order valence-electron chi connectivity index (χ2n) is 5.64. The minimum Gasteiger partial charge on any atom is -0.338 e. The van der Waals surface area contributed by atoms with E-state index in [1.54, 1.807) is 12.1 Å². The average molecular weight is 412 g/mol. The van der Waals surface area contributed by atoms with Crippen LogP contribution in [0.1, 0.15) is 11.5 Å². The van der Waals surface area contributed by atoms with Gasteiger partial charge in [-0.25, -0.2) is 8.42 Å². The molecule has 3 rings (SSSR count). The van der Waals surface area contributed by atoms with Gasteiger partial charge in [0.2, 0.25) is 21.7 Å². The molecule has 0 amide bonds. The largest absolute Gasteiger partial charge is 0.338 e. The molecule has 0 radical (unpaired) electrons. The number of hydrogen-bond donors (Lipinski definition) is 0. The van der Waals surface area contributed by atoms with Crippen molar-refractivity contribution in [2.45, 2.75) is 12.3 Å². The van der Waals surface area contributed by atoms with E-state index in [0.717, 1.165) is 9.87 Å². The molecule has 3 aromatic rings. The second kappa shape index (κ2) is 7.75. The van der Waals surface area contributed by atoms with E-state index >= 15 is 0 Å². The van der Waals surface area contributed by atoms with Gasteiger partial charge in [-0.1, -0.05) is 64.8 Å². The number of aromatic nitrogens is 2. The van der Waals surface area contributed by atoms with Gasteiger partial charge in [-0.15, -0.1) is 0 Å². The molecule has 0 aliphatic heterocycles. The van der Waals surface area contributed by atoms with Crippen LogP contribution in [0.5, 0.6) is 0 Å². The van der Waals surface area contributed by atoms with E-state index in [4.69, 9.17) is 27.7 Å². The first kappa shape index (κ1) is 18.8. The SMILES string of the molecule is CN(Cc1nc(-c2ccccc2)no1)S(=O)(=O)Cc1ccc(Cl)c(Cl)c1. The zero-order chi connectivity index (χ0) is 18.7. The lowest BCUT2D eigenvalue weighted by atomic mass is 10.2. The van der Waals surface area contributed by atoms with Crippen LogP contribution in [-0.2, 0) is 22.3 Å². The van der Waals surface area contributed by atoms with Crippen molar-refractivity contribution in [3.63, 3.8) is 0 Å². The van der Waals surface area contributed by atoms with Crippen molar-refractivity contribution in [1.29, 1.82) is 0 Å². The standard InChI is InChI=1S/C17H15Cl2N3O3S/c1-22(26(23,24)11-12-7-8-14(18)15(19)9-12)10-16-20-17(21-25-16)13-5-3-2-4-6-13/h2-9H,10-11H2,1H3. The van der Waals surface area contributed by atoms with Crippen molar-refractivity contribution >= 4 is 33.2 Å². The van der Waals surface area contributed by atoms with Crippen molar-refractivity contribution < 1.29 is 12.9 Å². The number of halogens is 2. The molecule has 0 aliphatic rings. The molecule has 0 saturated carbocycles. The second-order valence-corrected chi connectivity index (χ2v) is 8.53. The van der Waals surface area contributed by atoms with E-state index in [1.165, 1.54) is 13.1 Å². The van der Waals surface area contributed by atoms with Gasteiger partial charge in [-0.3, -0.25) is 0 Å². The van der Waals surface area contributed by atoms with Crippen LogP contribution in [0.4, 0.5) is 0 Å². The van der Waals surface area contributed by atoms with Crippen LogP contribution in [-0.4, -0.2) is 29.9 Å². The van der Waals surface area contributed by atoms with E-state index in [0.29, 0.717) is 21.4 Å². The maximum atomic E-state index is 12.5. The number of sulfonamides is 1. The predicted molar refractivity (Wildman–Crippen MR) is 100 cm³/mol. The number of hydrogen-bond acceptors (Lipinski definition) is 5. The highest BCUT2D eigenvalue weighted by molar-refractivity contribution is 7.88. The Morgan fingerprint density at radius 1 is 1.08 bits per heavy atom. The van der Waals surface area contributed by atoms with Crippen molar-refractivity contribution in [2.24, 2.45) is 0 Å². The van der Waals surface area contributed by atoms with Crippen LogP contribution >= 0.6 is 23.2 Å². The third-order valence-electron chi connectivity index (χ3n) is 3.67. The Bertz CT molecular complexity index is 1010. The normalized spacial score (nSPS) is 11.8. The molecule has 0 atom stereocenters. The third-order valence-corrected chi connectivity index (χ3v) is 6.18. The molecule has 0 saturated heterocycles. The van der Waals surface area contributed by atoms with Gasteiger partial charge in [-0.2, -0.15) is 9.29 Å². The lowest BCUT2D eigenvalue weighted by Crippen LogP contribution is -2.27. The fraction of sp³-hybridized carbons (Fsp3) is 0.176. The fourth-order valence-electron chi connectivity index (χ4n) is 2.26. The average Bonchev–Trinajstić information content (AvgIpc) is 3.07. The molecular weight excluding hydrogens is 397 g/mol. The number of benzene rings is 2. The molecule has 26 heavy (non-hydrogen) atoms. The van der Waals surface area contributed by atoms with Gasteiger partial charge in [0.05, 0.1) is 22.3 Å².